The standard InChI is InChI=1S/C14H19N5O4/c1-13(2)22-9-12(21-7(4-20)14(9,3)23-13)19-6-18-8-10(15)16-5-17-11(8)19/h5-7,9,12,20H,4H2,1-3H3,(H2,15,16,17)/t7-,9+,12-,14-/m1/s1. The van der Waals surface area contributed by atoms with Crippen molar-refractivity contribution in [2.75, 3.05) is 12.3 Å². The molecular formula is C14H19N5O4. The molecule has 0 bridgehead atoms. The second kappa shape index (κ2) is 4.60. The number of aliphatic hydroxyl groups is 1. The molecule has 23 heavy (non-hydrogen) atoms. The summed E-state index contributed by atoms with van der Waals surface area (Å²) < 4.78 is 19.8. The van der Waals surface area contributed by atoms with Crippen molar-refractivity contribution in [1.29, 1.82) is 0 Å². The van der Waals surface area contributed by atoms with Gasteiger partial charge in [-0.15, -0.1) is 0 Å². The number of aliphatic hydroxyl groups excluding tert-OH is 1. The second-order valence-corrected chi connectivity index (χ2v) is 6.51. The van der Waals surface area contributed by atoms with E-state index < -0.39 is 29.8 Å². The number of anilines is 1. The number of aromatic nitrogens is 4. The van der Waals surface area contributed by atoms with Crippen LogP contribution in [0, 0.1) is 0 Å². The van der Waals surface area contributed by atoms with E-state index >= 15 is 0 Å². The van der Waals surface area contributed by atoms with Gasteiger partial charge in [-0.2, -0.15) is 0 Å². The van der Waals surface area contributed by atoms with Crippen LogP contribution < -0.4 is 5.73 Å². The molecule has 2 fully saturated rings. The monoisotopic (exact) mass is 321 g/mol. The van der Waals surface area contributed by atoms with E-state index in [1.807, 2.05) is 20.8 Å². The van der Waals surface area contributed by atoms with Crippen molar-refractivity contribution in [3.8, 4) is 0 Å². The molecule has 2 aliphatic heterocycles. The van der Waals surface area contributed by atoms with Crippen molar-refractivity contribution >= 4 is 17.0 Å². The Labute approximate surface area is 132 Å². The van der Waals surface area contributed by atoms with E-state index in [2.05, 4.69) is 15.0 Å². The van der Waals surface area contributed by atoms with Gasteiger partial charge >= 0.3 is 0 Å². The molecule has 9 heteroatoms. The number of imidazole rings is 1. The fourth-order valence-corrected chi connectivity index (χ4v) is 3.49. The van der Waals surface area contributed by atoms with E-state index in [4.69, 9.17) is 19.9 Å². The van der Waals surface area contributed by atoms with Crippen molar-refractivity contribution in [1.82, 2.24) is 19.5 Å². The lowest BCUT2D eigenvalue weighted by molar-refractivity contribution is -0.214. The smallest absolute Gasteiger partial charge is 0.167 e. The Morgan fingerprint density at radius 3 is 2.83 bits per heavy atom. The lowest BCUT2D eigenvalue weighted by Crippen LogP contribution is -2.45. The van der Waals surface area contributed by atoms with Crippen LogP contribution in [0.25, 0.3) is 11.2 Å². The third kappa shape index (κ3) is 1.97. The minimum Gasteiger partial charge on any atom is -0.394 e. The van der Waals surface area contributed by atoms with Gasteiger partial charge in [-0.25, -0.2) is 15.0 Å². The molecule has 2 aliphatic rings. The van der Waals surface area contributed by atoms with E-state index in [1.54, 1.807) is 10.9 Å². The first kappa shape index (κ1) is 14.8. The average molecular weight is 321 g/mol. The van der Waals surface area contributed by atoms with Crippen molar-refractivity contribution in [2.45, 2.75) is 50.6 Å². The molecule has 0 saturated carbocycles. The SMILES string of the molecule is CC1(C)O[C@H]2[C@H](n3cnc4c(N)ncnc43)O[C@H](CO)[C@@]2(C)O1. The number of hydrogen-bond acceptors (Lipinski definition) is 8. The molecule has 2 saturated heterocycles. The maximum absolute atomic E-state index is 9.69. The van der Waals surface area contributed by atoms with Gasteiger partial charge in [-0.3, -0.25) is 4.57 Å². The molecule has 0 spiro atoms. The van der Waals surface area contributed by atoms with Crippen LogP contribution in [-0.4, -0.2) is 54.8 Å². The lowest BCUT2D eigenvalue weighted by Gasteiger charge is -2.28. The number of hydrogen-bond donors (Lipinski definition) is 2. The van der Waals surface area contributed by atoms with Gasteiger partial charge in [0.15, 0.2) is 23.5 Å². The Morgan fingerprint density at radius 2 is 2.09 bits per heavy atom. The summed E-state index contributed by atoms with van der Waals surface area (Å²) >= 11 is 0. The van der Waals surface area contributed by atoms with E-state index in [0.29, 0.717) is 17.0 Å². The second-order valence-electron chi connectivity index (χ2n) is 6.51. The van der Waals surface area contributed by atoms with Crippen LogP contribution in [0.5, 0.6) is 0 Å². The first-order valence-electron chi connectivity index (χ1n) is 7.43. The maximum Gasteiger partial charge on any atom is 0.167 e. The van der Waals surface area contributed by atoms with E-state index in [9.17, 15) is 5.11 Å². The van der Waals surface area contributed by atoms with Crippen LogP contribution in [0.2, 0.25) is 0 Å². The number of nitrogens with zero attached hydrogens (tertiary/aromatic N) is 4. The normalized spacial score (nSPS) is 35.7. The number of ether oxygens (including phenoxy) is 3. The van der Waals surface area contributed by atoms with Gasteiger partial charge in [0.1, 0.15) is 29.7 Å². The van der Waals surface area contributed by atoms with Gasteiger partial charge in [0.2, 0.25) is 0 Å². The summed E-state index contributed by atoms with van der Waals surface area (Å²) in [6.07, 6.45) is 1.51. The van der Waals surface area contributed by atoms with Crippen molar-refractivity contribution < 1.29 is 19.3 Å². The number of rotatable bonds is 2. The fraction of sp³-hybridized carbons (Fsp3) is 0.643. The predicted molar refractivity (Wildman–Crippen MR) is 79.2 cm³/mol. The topological polar surface area (TPSA) is 118 Å². The van der Waals surface area contributed by atoms with Crippen molar-refractivity contribution in [3.05, 3.63) is 12.7 Å². The molecule has 4 atom stereocenters. The van der Waals surface area contributed by atoms with Crippen LogP contribution in [-0.2, 0) is 14.2 Å². The van der Waals surface area contributed by atoms with Gasteiger partial charge in [0.05, 0.1) is 12.9 Å². The van der Waals surface area contributed by atoms with Gasteiger partial charge in [-0.05, 0) is 20.8 Å². The molecule has 9 nitrogen and oxygen atoms in total. The van der Waals surface area contributed by atoms with E-state index in [1.165, 1.54) is 6.33 Å². The summed E-state index contributed by atoms with van der Waals surface area (Å²) in [5.74, 6) is -0.462. The van der Waals surface area contributed by atoms with Crippen LogP contribution in [0.3, 0.4) is 0 Å². The highest BCUT2D eigenvalue weighted by Gasteiger charge is 2.64. The third-order valence-corrected chi connectivity index (χ3v) is 4.47. The van der Waals surface area contributed by atoms with Gasteiger partial charge in [0.25, 0.3) is 0 Å². The number of fused-ring (bicyclic) bond motifs is 2. The zero-order valence-electron chi connectivity index (χ0n) is 13.1. The highest BCUT2D eigenvalue weighted by atomic mass is 16.8. The van der Waals surface area contributed by atoms with Gasteiger partial charge in [-0.1, -0.05) is 0 Å². The summed E-state index contributed by atoms with van der Waals surface area (Å²) in [6.45, 7) is 5.39. The molecule has 0 aliphatic carbocycles. The molecule has 4 heterocycles. The number of nitrogen functional groups attached to an aromatic ring is 1. The molecule has 0 amide bonds. The zero-order chi connectivity index (χ0) is 16.4. The Balaban J connectivity index is 1.81. The first-order chi connectivity index (χ1) is 10.9. The third-order valence-electron chi connectivity index (χ3n) is 4.47. The van der Waals surface area contributed by atoms with Gasteiger partial charge < -0.3 is 25.1 Å². The summed E-state index contributed by atoms with van der Waals surface area (Å²) in [5.41, 5.74) is 6.12. The van der Waals surface area contributed by atoms with E-state index in [-0.39, 0.29) is 6.61 Å². The van der Waals surface area contributed by atoms with E-state index in [0.717, 1.165) is 0 Å². The van der Waals surface area contributed by atoms with Crippen LogP contribution >= 0.6 is 0 Å². The summed E-state index contributed by atoms with van der Waals surface area (Å²) in [7, 11) is 0. The largest absolute Gasteiger partial charge is 0.394 e. The number of nitrogens with two attached hydrogens (primary N) is 1. The molecule has 2 aromatic rings. The van der Waals surface area contributed by atoms with Crippen molar-refractivity contribution in [2.24, 2.45) is 0 Å². The van der Waals surface area contributed by atoms with Gasteiger partial charge in [0, 0.05) is 0 Å². The van der Waals surface area contributed by atoms with Crippen LogP contribution in [0.15, 0.2) is 12.7 Å². The quantitative estimate of drug-likeness (QED) is 0.806. The molecule has 2 aromatic heterocycles. The fourth-order valence-electron chi connectivity index (χ4n) is 3.49. The zero-order valence-corrected chi connectivity index (χ0v) is 13.1. The predicted octanol–water partition coefficient (Wildman–Crippen LogP) is 0.208. The minimum absolute atomic E-state index is 0.174. The Kier molecular flexibility index (Phi) is 2.95. The Hall–Kier alpha value is -1.81. The lowest BCUT2D eigenvalue weighted by atomic mass is 9.95. The molecule has 4 rings (SSSR count). The molecule has 3 N–H and O–H groups in total. The Bertz CT molecular complexity index is 763. The molecule has 124 valence electrons. The summed E-state index contributed by atoms with van der Waals surface area (Å²) in [6, 6.07) is 0. The van der Waals surface area contributed by atoms with Crippen LogP contribution in [0.4, 0.5) is 5.82 Å². The molecule has 0 unspecified atom stereocenters. The summed E-state index contributed by atoms with van der Waals surface area (Å²) in [4.78, 5) is 12.4. The maximum atomic E-state index is 9.69. The molecule has 0 radical (unpaired) electrons. The van der Waals surface area contributed by atoms with Crippen LogP contribution in [0.1, 0.15) is 27.0 Å². The summed E-state index contributed by atoms with van der Waals surface area (Å²) in [5, 5.41) is 9.69. The first-order valence-corrected chi connectivity index (χ1v) is 7.43. The highest BCUT2D eigenvalue weighted by molar-refractivity contribution is 5.81. The van der Waals surface area contributed by atoms with Crippen molar-refractivity contribution in [3.63, 3.8) is 0 Å². The molecule has 0 aromatic carbocycles. The average Bonchev–Trinajstić information content (AvgIpc) is 3.07. The molecular weight excluding hydrogens is 302 g/mol. The minimum atomic E-state index is -0.766. The Morgan fingerprint density at radius 1 is 1.30 bits per heavy atom. The highest BCUT2D eigenvalue weighted by Crippen LogP contribution is 2.50.